The summed E-state index contributed by atoms with van der Waals surface area (Å²) in [6, 6.07) is 6.21. The summed E-state index contributed by atoms with van der Waals surface area (Å²) < 4.78 is 46.6. The minimum Gasteiger partial charge on any atom is -0.471 e. The monoisotopic (exact) mass is 469 g/mol. The number of ether oxygens (including phenoxy) is 1. The molecule has 0 atom stereocenters. The second-order valence-corrected chi connectivity index (χ2v) is 7.76. The van der Waals surface area contributed by atoms with E-state index in [1.165, 1.54) is 9.36 Å². The van der Waals surface area contributed by atoms with E-state index in [0.29, 0.717) is 22.9 Å². The van der Waals surface area contributed by atoms with E-state index in [0.717, 1.165) is 17.2 Å². The fourth-order valence-corrected chi connectivity index (χ4v) is 3.19. The van der Waals surface area contributed by atoms with Gasteiger partial charge >= 0.3 is 6.18 Å². The van der Waals surface area contributed by atoms with E-state index in [1.54, 1.807) is 19.2 Å². The molecule has 1 N–H and O–H groups in total. The van der Waals surface area contributed by atoms with Crippen molar-refractivity contribution >= 4 is 17.5 Å². The highest BCUT2D eigenvalue weighted by Gasteiger charge is 2.34. The third kappa shape index (κ3) is 5.82. The van der Waals surface area contributed by atoms with Crippen LogP contribution in [0.4, 0.5) is 13.2 Å². The molecule has 0 aliphatic rings. The Kier molecular flexibility index (Phi) is 7.12. The van der Waals surface area contributed by atoms with Gasteiger partial charge in [0.2, 0.25) is 0 Å². The van der Waals surface area contributed by atoms with Crippen LogP contribution in [0, 0.1) is 20.8 Å². The molecule has 0 aliphatic carbocycles. The van der Waals surface area contributed by atoms with E-state index >= 15 is 0 Å². The Hall–Kier alpha value is -3.01. The Balaban J connectivity index is 1.46. The molecular weight excluding hydrogens is 447 g/mol. The molecule has 0 unspecified atom stereocenters. The molecule has 172 valence electrons. The van der Waals surface area contributed by atoms with Crippen molar-refractivity contribution in [2.75, 3.05) is 6.54 Å². The molecule has 0 radical (unpaired) electrons. The zero-order valence-corrected chi connectivity index (χ0v) is 18.6. The summed E-state index contributed by atoms with van der Waals surface area (Å²) in [5, 5.41) is 11.1. The van der Waals surface area contributed by atoms with Crippen molar-refractivity contribution < 1.29 is 22.7 Å². The largest absolute Gasteiger partial charge is 0.471 e. The topological polar surface area (TPSA) is 74.0 Å². The van der Waals surface area contributed by atoms with Gasteiger partial charge in [-0.2, -0.15) is 23.4 Å². The SMILES string of the molecule is Cc1cc(OCn2ccc(C(=O)NCCCn3nc(C(F)(F)F)cc3C)n2)cc(C)c1Cl. The highest BCUT2D eigenvalue weighted by Crippen LogP contribution is 2.28. The number of hydrogen-bond acceptors (Lipinski definition) is 4. The number of carbonyl (C=O) groups excluding carboxylic acids is 1. The number of carbonyl (C=O) groups is 1. The first-order valence-corrected chi connectivity index (χ1v) is 10.2. The molecule has 7 nitrogen and oxygen atoms in total. The van der Waals surface area contributed by atoms with Gasteiger partial charge in [0.15, 0.2) is 12.4 Å². The number of aryl methyl sites for hydroxylation is 4. The third-order valence-corrected chi connectivity index (χ3v) is 5.35. The lowest BCUT2D eigenvalue weighted by atomic mass is 10.1. The van der Waals surface area contributed by atoms with E-state index in [2.05, 4.69) is 15.5 Å². The average Bonchev–Trinajstić information content (AvgIpc) is 3.34. The Bertz CT molecular complexity index is 1080. The normalized spacial score (nSPS) is 11.6. The first-order valence-electron chi connectivity index (χ1n) is 9.87. The Labute approximate surface area is 188 Å². The second kappa shape index (κ2) is 9.64. The Morgan fingerprint density at radius 2 is 1.84 bits per heavy atom. The van der Waals surface area contributed by atoms with E-state index in [4.69, 9.17) is 16.3 Å². The molecule has 1 amide bonds. The van der Waals surface area contributed by atoms with Gasteiger partial charge < -0.3 is 10.1 Å². The Morgan fingerprint density at radius 3 is 2.47 bits per heavy atom. The van der Waals surface area contributed by atoms with Crippen molar-refractivity contribution in [2.45, 2.75) is 46.6 Å². The van der Waals surface area contributed by atoms with Crippen LogP contribution in [0.15, 0.2) is 30.5 Å². The molecule has 0 saturated heterocycles. The number of aromatic nitrogens is 4. The molecule has 2 aromatic heterocycles. The van der Waals surface area contributed by atoms with Gasteiger partial charge in [-0.15, -0.1) is 0 Å². The van der Waals surface area contributed by atoms with E-state index in [9.17, 15) is 18.0 Å². The molecule has 32 heavy (non-hydrogen) atoms. The molecule has 0 aliphatic heterocycles. The van der Waals surface area contributed by atoms with Gasteiger partial charge in [0.25, 0.3) is 5.91 Å². The number of rotatable bonds is 8. The maximum Gasteiger partial charge on any atom is 0.435 e. The van der Waals surface area contributed by atoms with E-state index in [-0.39, 0.29) is 31.4 Å². The summed E-state index contributed by atoms with van der Waals surface area (Å²) in [6.07, 6.45) is -2.43. The molecule has 11 heteroatoms. The summed E-state index contributed by atoms with van der Waals surface area (Å²) in [6.45, 7) is 5.98. The summed E-state index contributed by atoms with van der Waals surface area (Å²) in [5.74, 6) is 0.267. The molecule has 0 spiro atoms. The molecule has 0 saturated carbocycles. The van der Waals surface area contributed by atoms with Crippen LogP contribution in [0.1, 0.15) is 39.4 Å². The molecule has 0 fully saturated rings. The van der Waals surface area contributed by atoms with Crippen molar-refractivity contribution in [1.29, 1.82) is 0 Å². The number of nitrogens with zero attached hydrogens (tertiary/aromatic N) is 4. The van der Waals surface area contributed by atoms with Gasteiger partial charge in [0.1, 0.15) is 11.4 Å². The summed E-state index contributed by atoms with van der Waals surface area (Å²) in [7, 11) is 0. The standard InChI is InChI=1S/C21H23ClF3N5O2/c1-13-9-16(10-14(2)19(13)22)32-12-29-8-5-17(27-29)20(31)26-6-4-7-30-15(3)11-18(28-30)21(23,24)25/h5,8-11H,4,6-7,12H2,1-3H3,(H,26,31). The van der Waals surface area contributed by atoms with Crippen molar-refractivity contribution in [3.05, 3.63) is 63.7 Å². The van der Waals surface area contributed by atoms with Crippen LogP contribution in [-0.2, 0) is 19.5 Å². The number of hydrogen-bond donors (Lipinski definition) is 1. The van der Waals surface area contributed by atoms with Crippen LogP contribution >= 0.6 is 11.6 Å². The smallest absolute Gasteiger partial charge is 0.435 e. The zero-order valence-electron chi connectivity index (χ0n) is 17.8. The van der Waals surface area contributed by atoms with Crippen molar-refractivity contribution in [3.63, 3.8) is 0 Å². The lowest BCUT2D eigenvalue weighted by Crippen LogP contribution is -2.26. The van der Waals surface area contributed by atoms with Gasteiger partial charge in [-0.1, -0.05) is 11.6 Å². The predicted molar refractivity (Wildman–Crippen MR) is 113 cm³/mol. The van der Waals surface area contributed by atoms with Crippen LogP contribution in [0.5, 0.6) is 5.75 Å². The molecule has 3 aromatic rings. The van der Waals surface area contributed by atoms with Crippen LogP contribution in [0.2, 0.25) is 5.02 Å². The van der Waals surface area contributed by atoms with Crippen LogP contribution in [-0.4, -0.2) is 32.0 Å². The van der Waals surface area contributed by atoms with Crippen molar-refractivity contribution in [1.82, 2.24) is 24.9 Å². The fourth-order valence-electron chi connectivity index (χ4n) is 3.08. The summed E-state index contributed by atoms with van der Waals surface area (Å²) in [5.41, 5.74) is 1.51. The zero-order chi connectivity index (χ0) is 23.5. The first-order chi connectivity index (χ1) is 15.0. The number of amides is 1. The van der Waals surface area contributed by atoms with E-state index < -0.39 is 11.9 Å². The maximum atomic E-state index is 12.7. The minimum absolute atomic E-state index is 0.119. The van der Waals surface area contributed by atoms with Gasteiger partial charge in [-0.3, -0.25) is 9.48 Å². The van der Waals surface area contributed by atoms with Gasteiger partial charge in [-0.05, 0) is 62.6 Å². The number of halogens is 4. The predicted octanol–water partition coefficient (Wildman–Crippen LogP) is 4.53. The van der Waals surface area contributed by atoms with Gasteiger partial charge in [0, 0.05) is 30.0 Å². The van der Waals surface area contributed by atoms with Crippen LogP contribution < -0.4 is 10.1 Å². The number of benzene rings is 1. The molecule has 1 aromatic carbocycles. The quantitative estimate of drug-likeness (QED) is 0.492. The Morgan fingerprint density at radius 1 is 1.16 bits per heavy atom. The number of nitrogens with one attached hydrogen (secondary N) is 1. The maximum absolute atomic E-state index is 12.7. The molecular formula is C21H23ClF3N5O2. The summed E-state index contributed by atoms with van der Waals surface area (Å²) in [4.78, 5) is 12.3. The summed E-state index contributed by atoms with van der Waals surface area (Å²) >= 11 is 6.15. The second-order valence-electron chi connectivity index (χ2n) is 7.39. The van der Waals surface area contributed by atoms with Crippen molar-refractivity contribution in [2.24, 2.45) is 0 Å². The van der Waals surface area contributed by atoms with Crippen LogP contribution in [0.25, 0.3) is 0 Å². The lowest BCUT2D eigenvalue weighted by molar-refractivity contribution is -0.141. The molecule has 3 rings (SSSR count). The highest BCUT2D eigenvalue weighted by atomic mass is 35.5. The average molecular weight is 470 g/mol. The first kappa shape index (κ1) is 23.6. The molecule has 2 heterocycles. The van der Waals surface area contributed by atoms with Crippen molar-refractivity contribution in [3.8, 4) is 5.75 Å². The number of alkyl halides is 3. The minimum atomic E-state index is -4.47. The molecule has 0 bridgehead atoms. The van der Waals surface area contributed by atoms with Gasteiger partial charge in [0.05, 0.1) is 0 Å². The third-order valence-electron chi connectivity index (χ3n) is 4.75. The lowest BCUT2D eigenvalue weighted by Gasteiger charge is -2.10. The van der Waals surface area contributed by atoms with Gasteiger partial charge in [-0.25, -0.2) is 4.68 Å². The highest BCUT2D eigenvalue weighted by molar-refractivity contribution is 6.32. The van der Waals surface area contributed by atoms with Crippen LogP contribution in [0.3, 0.4) is 0 Å². The van der Waals surface area contributed by atoms with E-state index in [1.807, 2.05) is 26.0 Å². The fraction of sp³-hybridized carbons (Fsp3) is 0.381.